The van der Waals surface area contributed by atoms with E-state index in [1.54, 1.807) is 37.0 Å². The number of carbonyl (C=O) groups is 1. The second kappa shape index (κ2) is 11.1. The minimum absolute atomic E-state index is 0.209. The van der Waals surface area contributed by atoms with Crippen molar-refractivity contribution in [1.82, 2.24) is 15.3 Å². The van der Waals surface area contributed by atoms with Crippen LogP contribution < -0.4 is 19.5 Å². The number of hydrogen-bond acceptors (Lipinski definition) is 7. The molecule has 2 heterocycles. The lowest BCUT2D eigenvalue weighted by Gasteiger charge is -2.12. The zero-order valence-corrected chi connectivity index (χ0v) is 18.9. The third-order valence-corrected chi connectivity index (χ3v) is 5.38. The first-order valence-corrected chi connectivity index (χ1v) is 11.2. The van der Waals surface area contributed by atoms with Crippen molar-refractivity contribution in [3.8, 4) is 17.2 Å². The Balaban J connectivity index is 1.33. The van der Waals surface area contributed by atoms with Gasteiger partial charge in [-0.3, -0.25) is 9.78 Å². The van der Waals surface area contributed by atoms with Gasteiger partial charge < -0.3 is 19.5 Å². The third kappa shape index (κ3) is 6.30. The smallest absolute Gasteiger partial charge is 0.251 e. The van der Waals surface area contributed by atoms with Gasteiger partial charge in [0, 0.05) is 23.7 Å². The van der Waals surface area contributed by atoms with E-state index in [9.17, 15) is 4.79 Å². The summed E-state index contributed by atoms with van der Waals surface area (Å²) in [5, 5.41) is 4.85. The van der Waals surface area contributed by atoms with E-state index in [1.165, 1.54) is 11.3 Å². The molecule has 2 aromatic heterocycles. The molecule has 0 unspecified atom stereocenters. The molecular weight excluding hydrogens is 438 g/mol. The van der Waals surface area contributed by atoms with Crippen molar-refractivity contribution in [2.24, 2.45) is 0 Å². The first-order valence-electron chi connectivity index (χ1n) is 10.3. The van der Waals surface area contributed by atoms with Gasteiger partial charge in [0.2, 0.25) is 0 Å². The molecule has 0 saturated heterocycles. The molecule has 0 aliphatic heterocycles. The number of amides is 1. The largest absolute Gasteiger partial charge is 0.493 e. The molecule has 0 fully saturated rings. The van der Waals surface area contributed by atoms with Gasteiger partial charge in [-0.15, -0.1) is 11.3 Å². The van der Waals surface area contributed by atoms with Gasteiger partial charge in [0.05, 0.1) is 24.0 Å². The Morgan fingerprint density at radius 3 is 2.64 bits per heavy atom. The molecule has 1 amide bonds. The molecule has 0 radical (unpaired) electrons. The summed E-state index contributed by atoms with van der Waals surface area (Å²) in [5.74, 6) is 1.55. The predicted molar refractivity (Wildman–Crippen MR) is 126 cm³/mol. The number of pyridine rings is 1. The fourth-order valence-electron chi connectivity index (χ4n) is 3.06. The van der Waals surface area contributed by atoms with Crippen LogP contribution in [0.3, 0.4) is 0 Å². The van der Waals surface area contributed by atoms with Gasteiger partial charge in [0.25, 0.3) is 5.91 Å². The van der Waals surface area contributed by atoms with Gasteiger partial charge in [-0.05, 0) is 48.0 Å². The second-order valence-electron chi connectivity index (χ2n) is 7.07. The van der Waals surface area contributed by atoms with E-state index in [4.69, 9.17) is 14.2 Å². The molecule has 1 N–H and O–H groups in total. The fraction of sp³-hybridized carbons (Fsp3) is 0.160. The van der Waals surface area contributed by atoms with E-state index in [-0.39, 0.29) is 5.91 Å². The van der Waals surface area contributed by atoms with Crippen LogP contribution in [0.4, 0.5) is 0 Å². The number of nitrogens with one attached hydrogen (secondary N) is 1. The lowest BCUT2D eigenvalue weighted by Crippen LogP contribution is -2.22. The topological polar surface area (TPSA) is 82.6 Å². The van der Waals surface area contributed by atoms with Gasteiger partial charge in [-0.2, -0.15) is 0 Å². The number of thiazole rings is 1. The lowest BCUT2D eigenvalue weighted by atomic mass is 10.1. The highest BCUT2D eigenvalue weighted by Crippen LogP contribution is 2.29. The Labute approximate surface area is 196 Å². The first kappa shape index (κ1) is 22.3. The Morgan fingerprint density at radius 1 is 0.939 bits per heavy atom. The highest BCUT2D eigenvalue weighted by atomic mass is 32.1. The normalized spacial score (nSPS) is 10.5. The summed E-state index contributed by atoms with van der Waals surface area (Å²) in [6.45, 7) is 1.08. The monoisotopic (exact) mass is 461 g/mol. The van der Waals surface area contributed by atoms with Crippen LogP contribution in [0.25, 0.3) is 0 Å². The van der Waals surface area contributed by atoms with E-state index in [0.717, 1.165) is 22.7 Å². The molecule has 0 aliphatic carbocycles. The van der Waals surface area contributed by atoms with Crippen molar-refractivity contribution >= 4 is 17.2 Å². The average Bonchev–Trinajstić information content (AvgIpc) is 3.39. The Kier molecular flexibility index (Phi) is 7.50. The standard InChI is InChI=1S/C25H23N3O4S/c1-30-24-12-19(8-9-23(24)32-15-21-16-33-17-28-21)25(29)27-13-18-5-4-7-22(11-18)31-14-20-6-2-3-10-26-20/h2-12,16-17H,13-15H2,1H3,(H,27,29). The zero-order valence-electron chi connectivity index (χ0n) is 18.1. The Hall–Kier alpha value is -3.91. The van der Waals surface area contributed by atoms with E-state index >= 15 is 0 Å². The molecular formula is C25H23N3O4S. The van der Waals surface area contributed by atoms with Crippen LogP contribution in [0.2, 0.25) is 0 Å². The Bertz CT molecular complexity index is 1180. The van der Waals surface area contributed by atoms with Crippen molar-refractivity contribution in [1.29, 1.82) is 0 Å². The summed E-state index contributed by atoms with van der Waals surface area (Å²) in [4.78, 5) is 21.1. The third-order valence-electron chi connectivity index (χ3n) is 4.75. The van der Waals surface area contributed by atoms with E-state index in [0.29, 0.717) is 36.8 Å². The maximum absolute atomic E-state index is 12.7. The average molecular weight is 462 g/mol. The van der Waals surface area contributed by atoms with Crippen molar-refractivity contribution in [2.75, 3.05) is 7.11 Å². The molecule has 7 nitrogen and oxygen atoms in total. The van der Waals surface area contributed by atoms with Crippen molar-refractivity contribution in [3.63, 3.8) is 0 Å². The Morgan fingerprint density at radius 2 is 1.85 bits per heavy atom. The summed E-state index contributed by atoms with van der Waals surface area (Å²) in [5.41, 5.74) is 4.86. The summed E-state index contributed by atoms with van der Waals surface area (Å²) < 4.78 is 17.0. The van der Waals surface area contributed by atoms with Gasteiger partial charge in [-0.1, -0.05) is 18.2 Å². The number of rotatable bonds is 10. The van der Waals surface area contributed by atoms with Crippen LogP contribution >= 0.6 is 11.3 Å². The van der Waals surface area contributed by atoms with Crippen LogP contribution in [-0.2, 0) is 19.8 Å². The number of methoxy groups -OCH3 is 1. The molecule has 0 bridgehead atoms. The number of ether oxygens (including phenoxy) is 3. The number of nitrogens with zero attached hydrogens (tertiary/aromatic N) is 2. The molecule has 2 aromatic carbocycles. The molecule has 8 heteroatoms. The molecule has 0 aliphatic rings. The van der Waals surface area contributed by atoms with Crippen LogP contribution in [-0.4, -0.2) is 23.0 Å². The van der Waals surface area contributed by atoms with Crippen molar-refractivity contribution < 1.29 is 19.0 Å². The summed E-state index contributed by atoms with van der Waals surface area (Å²) in [7, 11) is 1.54. The molecule has 33 heavy (non-hydrogen) atoms. The van der Waals surface area contributed by atoms with Gasteiger partial charge in [0.15, 0.2) is 11.5 Å². The number of aromatic nitrogens is 2. The van der Waals surface area contributed by atoms with Crippen LogP contribution in [0, 0.1) is 0 Å². The minimum Gasteiger partial charge on any atom is -0.493 e. The SMILES string of the molecule is COc1cc(C(=O)NCc2cccc(OCc3ccccn3)c2)ccc1OCc1cscn1. The molecule has 4 aromatic rings. The van der Waals surface area contributed by atoms with Gasteiger partial charge in [0.1, 0.15) is 19.0 Å². The van der Waals surface area contributed by atoms with Crippen molar-refractivity contribution in [2.45, 2.75) is 19.8 Å². The maximum atomic E-state index is 12.7. The molecule has 0 atom stereocenters. The lowest BCUT2D eigenvalue weighted by molar-refractivity contribution is 0.0950. The van der Waals surface area contributed by atoms with Gasteiger partial charge >= 0.3 is 0 Å². The van der Waals surface area contributed by atoms with Crippen LogP contribution in [0.5, 0.6) is 17.2 Å². The van der Waals surface area contributed by atoms with E-state index in [2.05, 4.69) is 15.3 Å². The zero-order chi connectivity index (χ0) is 22.9. The number of carbonyl (C=O) groups excluding carboxylic acids is 1. The van der Waals surface area contributed by atoms with Crippen LogP contribution in [0.1, 0.15) is 27.3 Å². The predicted octanol–water partition coefficient (Wildman–Crippen LogP) is 4.63. The van der Waals surface area contributed by atoms with E-state index < -0.39 is 0 Å². The molecule has 0 saturated carbocycles. The number of benzene rings is 2. The second-order valence-corrected chi connectivity index (χ2v) is 7.79. The van der Waals surface area contributed by atoms with Gasteiger partial charge in [-0.25, -0.2) is 4.98 Å². The molecule has 0 spiro atoms. The van der Waals surface area contributed by atoms with Crippen LogP contribution in [0.15, 0.2) is 77.8 Å². The quantitative estimate of drug-likeness (QED) is 0.371. The highest BCUT2D eigenvalue weighted by molar-refractivity contribution is 7.07. The van der Waals surface area contributed by atoms with E-state index in [1.807, 2.05) is 47.8 Å². The molecule has 4 rings (SSSR count). The number of hydrogen-bond donors (Lipinski definition) is 1. The van der Waals surface area contributed by atoms with Crippen molar-refractivity contribution in [3.05, 3.63) is 100 Å². The first-order chi connectivity index (χ1) is 16.2. The summed E-state index contributed by atoms with van der Waals surface area (Å²) in [6, 6.07) is 18.4. The molecule has 168 valence electrons. The maximum Gasteiger partial charge on any atom is 0.251 e. The fourth-order valence-corrected chi connectivity index (χ4v) is 3.60. The summed E-state index contributed by atoms with van der Waals surface area (Å²) >= 11 is 1.51. The highest BCUT2D eigenvalue weighted by Gasteiger charge is 2.12. The minimum atomic E-state index is -0.209. The summed E-state index contributed by atoms with van der Waals surface area (Å²) in [6.07, 6.45) is 1.74.